The van der Waals surface area contributed by atoms with Gasteiger partial charge in [-0.15, -0.1) is 0 Å². The van der Waals surface area contributed by atoms with Crippen molar-refractivity contribution >= 4 is 18.0 Å². The van der Waals surface area contributed by atoms with Crippen molar-refractivity contribution in [2.45, 2.75) is 37.8 Å². The molecule has 3 N–H and O–H groups in total. The van der Waals surface area contributed by atoms with Crippen molar-refractivity contribution in [2.24, 2.45) is 5.92 Å². The molecule has 0 radical (unpaired) electrons. The zero-order valence-corrected chi connectivity index (χ0v) is 18.5. The second-order valence-corrected chi connectivity index (χ2v) is 8.53. The van der Waals surface area contributed by atoms with E-state index in [0.29, 0.717) is 19.6 Å². The fourth-order valence-corrected chi connectivity index (χ4v) is 4.58. The quantitative estimate of drug-likeness (QED) is 0.595. The molecule has 2 aromatic carbocycles. The Hall–Kier alpha value is -3.39. The number of carboxylic acids is 1. The lowest BCUT2D eigenvalue weighted by Crippen LogP contribution is -2.48. The monoisotopic (exact) mass is 452 g/mol. The van der Waals surface area contributed by atoms with Gasteiger partial charge in [-0.3, -0.25) is 9.59 Å². The molecule has 1 aliphatic heterocycles. The van der Waals surface area contributed by atoms with Crippen molar-refractivity contribution in [2.75, 3.05) is 19.8 Å². The maximum atomic E-state index is 12.6. The third-order valence-electron chi connectivity index (χ3n) is 6.32. The van der Waals surface area contributed by atoms with E-state index in [0.717, 1.165) is 22.3 Å². The molecule has 2 amide bonds. The summed E-state index contributed by atoms with van der Waals surface area (Å²) in [6, 6.07) is 15.0. The fourth-order valence-electron chi connectivity index (χ4n) is 4.58. The van der Waals surface area contributed by atoms with Gasteiger partial charge in [-0.1, -0.05) is 48.5 Å². The number of alkyl carbamates (subject to hydrolysis) is 1. The predicted molar refractivity (Wildman–Crippen MR) is 121 cm³/mol. The van der Waals surface area contributed by atoms with Crippen LogP contribution in [0.5, 0.6) is 0 Å². The highest BCUT2D eigenvalue weighted by Crippen LogP contribution is 2.44. The van der Waals surface area contributed by atoms with Gasteiger partial charge in [0.1, 0.15) is 12.6 Å². The van der Waals surface area contributed by atoms with Gasteiger partial charge in [-0.05, 0) is 35.6 Å². The highest BCUT2D eigenvalue weighted by molar-refractivity contribution is 5.83. The van der Waals surface area contributed by atoms with E-state index >= 15 is 0 Å². The summed E-state index contributed by atoms with van der Waals surface area (Å²) in [5.74, 6) is -1.78. The zero-order valence-electron chi connectivity index (χ0n) is 18.5. The second-order valence-electron chi connectivity index (χ2n) is 8.53. The molecule has 1 saturated heterocycles. The molecule has 1 aliphatic carbocycles. The Morgan fingerprint density at radius 1 is 1.09 bits per heavy atom. The molecule has 0 spiro atoms. The number of benzene rings is 2. The van der Waals surface area contributed by atoms with Crippen LogP contribution in [0.3, 0.4) is 0 Å². The van der Waals surface area contributed by atoms with E-state index in [1.807, 2.05) is 24.3 Å². The molecule has 0 saturated carbocycles. The summed E-state index contributed by atoms with van der Waals surface area (Å²) < 4.78 is 11.1. The van der Waals surface area contributed by atoms with Gasteiger partial charge >= 0.3 is 12.1 Å². The summed E-state index contributed by atoms with van der Waals surface area (Å²) in [6.07, 6.45) is 0.0795. The average Bonchev–Trinajstić information content (AvgIpc) is 3.12. The number of carbonyl (C=O) groups is 3. The van der Waals surface area contributed by atoms with E-state index in [1.54, 1.807) is 0 Å². The number of carbonyl (C=O) groups excluding carboxylic acids is 2. The molecule has 2 aliphatic rings. The fraction of sp³-hybridized carbons (Fsp3) is 0.400. The topological polar surface area (TPSA) is 114 Å². The molecule has 4 rings (SSSR count). The number of nitrogens with one attached hydrogen (secondary N) is 2. The Morgan fingerprint density at radius 3 is 2.36 bits per heavy atom. The van der Waals surface area contributed by atoms with E-state index in [-0.39, 0.29) is 36.8 Å². The van der Waals surface area contributed by atoms with Crippen LogP contribution in [-0.2, 0) is 19.1 Å². The SMILES string of the molecule is CC(NC(=O)CC1COCCC1NC(=O)OCC1c2ccccc2-c2ccccc21)C(=O)O. The van der Waals surface area contributed by atoms with Gasteiger partial charge in [-0.25, -0.2) is 4.79 Å². The molecule has 33 heavy (non-hydrogen) atoms. The van der Waals surface area contributed by atoms with Crippen LogP contribution in [0.25, 0.3) is 11.1 Å². The van der Waals surface area contributed by atoms with Gasteiger partial charge in [0.25, 0.3) is 0 Å². The van der Waals surface area contributed by atoms with E-state index in [9.17, 15) is 14.4 Å². The number of carboxylic acid groups (broad SMARTS) is 1. The van der Waals surface area contributed by atoms with Crippen LogP contribution in [0.1, 0.15) is 36.8 Å². The first-order valence-corrected chi connectivity index (χ1v) is 11.2. The predicted octanol–water partition coefficient (Wildman–Crippen LogP) is 2.91. The van der Waals surface area contributed by atoms with E-state index in [1.165, 1.54) is 6.92 Å². The van der Waals surface area contributed by atoms with Gasteiger partial charge in [-0.2, -0.15) is 0 Å². The third kappa shape index (κ3) is 5.17. The Labute approximate surface area is 192 Å². The van der Waals surface area contributed by atoms with E-state index in [2.05, 4.69) is 34.9 Å². The van der Waals surface area contributed by atoms with Crippen LogP contribution >= 0.6 is 0 Å². The molecule has 2 aromatic rings. The number of fused-ring (bicyclic) bond motifs is 3. The first-order chi connectivity index (χ1) is 15.9. The molecule has 0 bridgehead atoms. The molecule has 8 heteroatoms. The largest absolute Gasteiger partial charge is 0.480 e. The first-order valence-electron chi connectivity index (χ1n) is 11.2. The summed E-state index contributed by atoms with van der Waals surface area (Å²) in [5, 5.41) is 14.3. The van der Waals surface area contributed by atoms with Crippen LogP contribution in [0.2, 0.25) is 0 Å². The minimum Gasteiger partial charge on any atom is -0.480 e. The normalized spacial score (nSPS) is 20.3. The zero-order chi connectivity index (χ0) is 23.4. The molecule has 3 atom stereocenters. The van der Waals surface area contributed by atoms with Crippen molar-refractivity contribution in [3.63, 3.8) is 0 Å². The minimum absolute atomic E-state index is 0.0306. The van der Waals surface area contributed by atoms with Crippen molar-refractivity contribution in [3.05, 3.63) is 59.7 Å². The lowest BCUT2D eigenvalue weighted by molar-refractivity contribution is -0.141. The summed E-state index contributed by atoms with van der Waals surface area (Å²) >= 11 is 0. The Kier molecular flexibility index (Phi) is 6.93. The maximum absolute atomic E-state index is 12.6. The summed E-state index contributed by atoms with van der Waals surface area (Å²) in [5.41, 5.74) is 4.60. The lowest BCUT2D eigenvalue weighted by Gasteiger charge is -2.31. The van der Waals surface area contributed by atoms with Gasteiger partial charge in [0.15, 0.2) is 0 Å². The van der Waals surface area contributed by atoms with Crippen LogP contribution in [0.4, 0.5) is 4.79 Å². The van der Waals surface area contributed by atoms with Gasteiger partial charge in [0.2, 0.25) is 5.91 Å². The first kappa shape index (κ1) is 22.8. The molecule has 8 nitrogen and oxygen atoms in total. The number of hydrogen-bond donors (Lipinski definition) is 3. The van der Waals surface area contributed by atoms with Crippen molar-refractivity contribution in [3.8, 4) is 11.1 Å². The molecule has 1 heterocycles. The van der Waals surface area contributed by atoms with Crippen LogP contribution in [0.15, 0.2) is 48.5 Å². The smallest absolute Gasteiger partial charge is 0.407 e. The number of ether oxygens (including phenoxy) is 2. The number of hydrogen-bond acceptors (Lipinski definition) is 5. The molecule has 0 aromatic heterocycles. The van der Waals surface area contributed by atoms with Gasteiger partial charge in [0, 0.05) is 30.9 Å². The Bertz CT molecular complexity index is 994. The van der Waals surface area contributed by atoms with Crippen LogP contribution in [-0.4, -0.2) is 55.0 Å². The van der Waals surface area contributed by atoms with E-state index < -0.39 is 18.1 Å². The molecular weight excluding hydrogens is 424 g/mol. The van der Waals surface area contributed by atoms with Gasteiger partial charge in [0.05, 0.1) is 6.61 Å². The standard InChI is InChI=1S/C25H28N2O6/c1-15(24(29)30)26-23(28)12-16-13-32-11-10-22(16)27-25(31)33-14-21-19-8-4-2-6-17(19)18-7-3-5-9-20(18)21/h2-9,15-16,21-22H,10-14H2,1H3,(H,26,28)(H,27,31)(H,29,30). The summed E-state index contributed by atoms with van der Waals surface area (Å²) in [4.78, 5) is 35.8. The Morgan fingerprint density at radius 2 is 1.73 bits per heavy atom. The second kappa shape index (κ2) is 10.0. The summed E-state index contributed by atoms with van der Waals surface area (Å²) in [7, 11) is 0. The maximum Gasteiger partial charge on any atom is 0.407 e. The average molecular weight is 453 g/mol. The number of amides is 2. The van der Waals surface area contributed by atoms with Crippen LogP contribution < -0.4 is 10.6 Å². The molecule has 174 valence electrons. The molecule has 1 fully saturated rings. The van der Waals surface area contributed by atoms with Crippen molar-refractivity contribution in [1.82, 2.24) is 10.6 Å². The van der Waals surface area contributed by atoms with Crippen molar-refractivity contribution in [1.29, 1.82) is 0 Å². The number of aliphatic carboxylic acids is 1. The van der Waals surface area contributed by atoms with Gasteiger partial charge < -0.3 is 25.2 Å². The number of rotatable bonds is 7. The van der Waals surface area contributed by atoms with E-state index in [4.69, 9.17) is 14.6 Å². The van der Waals surface area contributed by atoms with Crippen molar-refractivity contribution < 1.29 is 29.0 Å². The molecular formula is C25H28N2O6. The highest BCUT2D eigenvalue weighted by Gasteiger charge is 2.32. The molecule has 3 unspecified atom stereocenters. The highest BCUT2D eigenvalue weighted by atomic mass is 16.5. The third-order valence-corrected chi connectivity index (χ3v) is 6.32. The van der Waals surface area contributed by atoms with Crippen LogP contribution in [0, 0.1) is 5.92 Å². The lowest BCUT2D eigenvalue weighted by atomic mass is 9.92. The Balaban J connectivity index is 1.35. The minimum atomic E-state index is -1.10. The summed E-state index contributed by atoms with van der Waals surface area (Å²) in [6.45, 7) is 2.40.